The summed E-state index contributed by atoms with van der Waals surface area (Å²) in [5, 5.41) is 10.2. The summed E-state index contributed by atoms with van der Waals surface area (Å²) >= 11 is 0. The fourth-order valence-electron chi connectivity index (χ4n) is 2.74. The van der Waals surface area contributed by atoms with E-state index in [9.17, 15) is 4.79 Å². The summed E-state index contributed by atoms with van der Waals surface area (Å²) in [7, 11) is 0. The lowest BCUT2D eigenvalue weighted by Crippen LogP contribution is -2.44. The zero-order chi connectivity index (χ0) is 13.8. The SMILES string of the molecule is CC(C)CC(CN)C(=O)NC1CCc2[nH]ncc2C1.Cl. The van der Waals surface area contributed by atoms with E-state index in [2.05, 4.69) is 29.4 Å². The van der Waals surface area contributed by atoms with Crippen LogP contribution in [0.5, 0.6) is 0 Å². The summed E-state index contributed by atoms with van der Waals surface area (Å²) in [6.45, 7) is 4.66. The third-order valence-corrected chi connectivity index (χ3v) is 3.77. The van der Waals surface area contributed by atoms with Crippen LogP contribution in [0.4, 0.5) is 0 Å². The van der Waals surface area contributed by atoms with Gasteiger partial charge >= 0.3 is 0 Å². The third-order valence-electron chi connectivity index (χ3n) is 3.77. The Morgan fingerprint density at radius 3 is 3.00 bits per heavy atom. The van der Waals surface area contributed by atoms with Crippen molar-refractivity contribution in [2.75, 3.05) is 6.54 Å². The predicted octanol–water partition coefficient (Wildman–Crippen LogP) is 1.43. The number of amides is 1. The van der Waals surface area contributed by atoms with Gasteiger partial charge in [0, 0.05) is 18.3 Å². The van der Waals surface area contributed by atoms with Crippen molar-refractivity contribution in [1.82, 2.24) is 15.5 Å². The molecule has 1 amide bonds. The first kappa shape index (κ1) is 17.0. The molecule has 1 aromatic rings. The minimum atomic E-state index is -0.0641. The highest BCUT2D eigenvalue weighted by Crippen LogP contribution is 2.19. The van der Waals surface area contributed by atoms with Gasteiger partial charge in [0.1, 0.15) is 0 Å². The van der Waals surface area contributed by atoms with Gasteiger partial charge in [0.2, 0.25) is 5.91 Å². The van der Waals surface area contributed by atoms with E-state index in [1.54, 1.807) is 0 Å². The van der Waals surface area contributed by atoms with Gasteiger partial charge in [-0.05, 0) is 37.2 Å². The summed E-state index contributed by atoms with van der Waals surface area (Å²) < 4.78 is 0. The average molecular weight is 301 g/mol. The van der Waals surface area contributed by atoms with Gasteiger partial charge in [-0.3, -0.25) is 9.89 Å². The lowest BCUT2D eigenvalue weighted by molar-refractivity contribution is -0.126. The molecular weight excluding hydrogens is 276 g/mol. The first-order valence-corrected chi connectivity index (χ1v) is 7.11. The molecule has 0 aromatic carbocycles. The minimum Gasteiger partial charge on any atom is -0.353 e. The molecule has 0 fully saturated rings. The molecule has 0 radical (unpaired) electrons. The van der Waals surface area contributed by atoms with Crippen molar-refractivity contribution >= 4 is 18.3 Å². The smallest absolute Gasteiger partial charge is 0.224 e. The maximum atomic E-state index is 12.2. The number of halogens is 1. The Bertz CT molecular complexity index is 433. The van der Waals surface area contributed by atoms with Gasteiger partial charge in [0.25, 0.3) is 0 Å². The number of nitrogens with two attached hydrogens (primary N) is 1. The molecule has 0 saturated heterocycles. The number of nitrogens with one attached hydrogen (secondary N) is 2. The molecule has 20 heavy (non-hydrogen) atoms. The summed E-state index contributed by atoms with van der Waals surface area (Å²) in [4.78, 5) is 12.2. The lowest BCUT2D eigenvalue weighted by Gasteiger charge is -2.25. The number of aromatic amines is 1. The number of nitrogens with zero attached hydrogens (tertiary/aromatic N) is 1. The first-order chi connectivity index (χ1) is 9.10. The van der Waals surface area contributed by atoms with Crippen LogP contribution in [0.1, 0.15) is 37.9 Å². The molecule has 0 spiro atoms. The Hall–Kier alpha value is -1.07. The maximum Gasteiger partial charge on any atom is 0.224 e. The van der Waals surface area contributed by atoms with Gasteiger partial charge in [-0.15, -0.1) is 12.4 Å². The zero-order valence-electron chi connectivity index (χ0n) is 12.2. The number of carbonyl (C=O) groups is 1. The fourth-order valence-corrected chi connectivity index (χ4v) is 2.74. The average Bonchev–Trinajstić information content (AvgIpc) is 2.82. The summed E-state index contributed by atoms with van der Waals surface area (Å²) in [5.74, 6) is 0.532. The van der Waals surface area contributed by atoms with Crippen LogP contribution in [0, 0.1) is 11.8 Å². The van der Waals surface area contributed by atoms with Crippen LogP contribution in [-0.4, -0.2) is 28.7 Å². The molecule has 1 heterocycles. The van der Waals surface area contributed by atoms with E-state index < -0.39 is 0 Å². The predicted molar refractivity (Wildman–Crippen MR) is 81.8 cm³/mol. The fraction of sp³-hybridized carbons (Fsp3) is 0.714. The first-order valence-electron chi connectivity index (χ1n) is 7.11. The Labute approximate surface area is 126 Å². The molecule has 1 aliphatic rings. The molecule has 0 aliphatic heterocycles. The Balaban J connectivity index is 0.00000200. The molecule has 1 aliphatic carbocycles. The quantitative estimate of drug-likeness (QED) is 0.769. The Kier molecular flexibility index (Phi) is 6.49. The summed E-state index contributed by atoms with van der Waals surface area (Å²) in [6.07, 6.45) is 5.52. The van der Waals surface area contributed by atoms with Crippen molar-refractivity contribution in [2.45, 2.75) is 45.6 Å². The second-order valence-corrected chi connectivity index (χ2v) is 5.88. The van der Waals surface area contributed by atoms with Crippen LogP contribution >= 0.6 is 12.4 Å². The normalized spacial score (nSPS) is 19.1. The van der Waals surface area contributed by atoms with Gasteiger partial charge < -0.3 is 11.1 Å². The van der Waals surface area contributed by atoms with E-state index >= 15 is 0 Å². The van der Waals surface area contributed by atoms with Crippen LogP contribution in [0.2, 0.25) is 0 Å². The molecule has 5 nitrogen and oxygen atoms in total. The van der Waals surface area contributed by atoms with Crippen molar-refractivity contribution in [3.8, 4) is 0 Å². The summed E-state index contributed by atoms with van der Waals surface area (Å²) in [6, 6.07) is 0.221. The summed E-state index contributed by atoms with van der Waals surface area (Å²) in [5.41, 5.74) is 8.15. The van der Waals surface area contributed by atoms with Gasteiger partial charge in [-0.2, -0.15) is 5.10 Å². The van der Waals surface area contributed by atoms with E-state index in [0.717, 1.165) is 25.7 Å². The minimum absolute atomic E-state index is 0. The second kappa shape index (κ2) is 7.64. The number of aryl methyl sites for hydroxylation is 1. The Morgan fingerprint density at radius 2 is 2.35 bits per heavy atom. The van der Waals surface area contributed by atoms with E-state index in [1.807, 2.05) is 6.20 Å². The molecular formula is C14H25ClN4O. The van der Waals surface area contributed by atoms with Crippen molar-refractivity contribution in [2.24, 2.45) is 17.6 Å². The molecule has 1 aromatic heterocycles. The number of hydrogen-bond donors (Lipinski definition) is 3. The van der Waals surface area contributed by atoms with Crippen molar-refractivity contribution < 1.29 is 4.79 Å². The van der Waals surface area contributed by atoms with Gasteiger partial charge in [0.15, 0.2) is 0 Å². The lowest BCUT2D eigenvalue weighted by atomic mass is 9.91. The molecule has 114 valence electrons. The van der Waals surface area contributed by atoms with E-state index in [1.165, 1.54) is 11.3 Å². The number of H-pyrrole nitrogens is 1. The molecule has 0 bridgehead atoms. The number of aromatic nitrogens is 2. The van der Waals surface area contributed by atoms with Crippen molar-refractivity contribution in [3.05, 3.63) is 17.5 Å². The molecule has 4 N–H and O–H groups in total. The molecule has 6 heteroatoms. The van der Waals surface area contributed by atoms with Crippen LogP contribution in [0.15, 0.2) is 6.20 Å². The van der Waals surface area contributed by atoms with Crippen LogP contribution in [0.3, 0.4) is 0 Å². The van der Waals surface area contributed by atoms with Crippen LogP contribution in [0.25, 0.3) is 0 Å². The number of fused-ring (bicyclic) bond motifs is 1. The van der Waals surface area contributed by atoms with Gasteiger partial charge in [0.05, 0.1) is 12.1 Å². The molecule has 2 unspecified atom stereocenters. The molecule has 0 saturated carbocycles. The monoisotopic (exact) mass is 300 g/mol. The standard InChI is InChI=1S/C14H24N4O.ClH/c1-9(2)5-10(7-15)14(19)17-12-3-4-13-11(6-12)8-16-18-13;/h8-10,12H,3-7,15H2,1-2H3,(H,16,18)(H,17,19);1H. The van der Waals surface area contributed by atoms with Crippen molar-refractivity contribution in [3.63, 3.8) is 0 Å². The highest BCUT2D eigenvalue weighted by Gasteiger charge is 2.25. The highest BCUT2D eigenvalue weighted by molar-refractivity contribution is 5.85. The van der Waals surface area contributed by atoms with E-state index in [-0.39, 0.29) is 30.3 Å². The van der Waals surface area contributed by atoms with E-state index in [0.29, 0.717) is 12.5 Å². The molecule has 2 rings (SSSR count). The van der Waals surface area contributed by atoms with Gasteiger partial charge in [-0.1, -0.05) is 13.8 Å². The molecule has 2 atom stereocenters. The number of rotatable bonds is 5. The van der Waals surface area contributed by atoms with Crippen LogP contribution in [-0.2, 0) is 17.6 Å². The number of hydrogen-bond acceptors (Lipinski definition) is 3. The third kappa shape index (κ3) is 4.21. The van der Waals surface area contributed by atoms with Crippen molar-refractivity contribution in [1.29, 1.82) is 0 Å². The largest absolute Gasteiger partial charge is 0.353 e. The number of carbonyl (C=O) groups excluding carboxylic acids is 1. The van der Waals surface area contributed by atoms with Gasteiger partial charge in [-0.25, -0.2) is 0 Å². The zero-order valence-corrected chi connectivity index (χ0v) is 13.0. The Morgan fingerprint density at radius 1 is 1.60 bits per heavy atom. The topological polar surface area (TPSA) is 83.8 Å². The highest BCUT2D eigenvalue weighted by atomic mass is 35.5. The second-order valence-electron chi connectivity index (χ2n) is 5.88. The van der Waals surface area contributed by atoms with Crippen LogP contribution < -0.4 is 11.1 Å². The maximum absolute atomic E-state index is 12.2. The van der Waals surface area contributed by atoms with E-state index in [4.69, 9.17) is 5.73 Å².